The monoisotopic (exact) mass is 386 g/mol. The van der Waals surface area contributed by atoms with Gasteiger partial charge in [-0.25, -0.2) is 0 Å². The van der Waals surface area contributed by atoms with Gasteiger partial charge in [-0.1, -0.05) is 0 Å². The van der Waals surface area contributed by atoms with Crippen molar-refractivity contribution in [2.45, 2.75) is 13.0 Å². The number of halogens is 2. The van der Waals surface area contributed by atoms with Gasteiger partial charge in [0.1, 0.15) is 0 Å². The first-order valence-electron chi connectivity index (χ1n) is 2.73. The second-order valence-electron chi connectivity index (χ2n) is 1.63. The third-order valence-corrected chi connectivity index (χ3v) is 3.59. The van der Waals surface area contributed by atoms with E-state index in [1.54, 1.807) is 0 Å². The molecule has 0 radical (unpaired) electrons. The van der Waals surface area contributed by atoms with Crippen molar-refractivity contribution in [1.82, 2.24) is 0 Å². The summed E-state index contributed by atoms with van der Waals surface area (Å²) in [4.78, 5) is 0. The van der Waals surface area contributed by atoms with Gasteiger partial charge in [0.2, 0.25) is 0 Å². The Kier molecular flexibility index (Phi) is 2.02. The van der Waals surface area contributed by atoms with Crippen molar-refractivity contribution in [2.75, 3.05) is 13.4 Å². The van der Waals surface area contributed by atoms with Crippen LogP contribution in [0.25, 0.3) is 0 Å². The normalized spacial score (nSPS) is 25.6. The molecule has 1 unspecified atom stereocenters. The van der Waals surface area contributed by atoms with Gasteiger partial charge in [-0.2, -0.15) is 0 Å². The average molecular weight is 388 g/mol. The van der Waals surface area contributed by atoms with Gasteiger partial charge in [0, 0.05) is 0 Å². The first kappa shape index (κ1) is 6.77. The van der Waals surface area contributed by atoms with E-state index in [1.807, 2.05) is 0 Å². The predicted octanol–water partition coefficient (Wildman–Crippen LogP) is 0.818. The minimum atomic E-state index is -1.50. The van der Waals surface area contributed by atoms with Crippen LogP contribution in [0.3, 0.4) is 0 Å². The summed E-state index contributed by atoms with van der Waals surface area (Å²) in [5.41, 5.74) is 0. The molecule has 0 spiro atoms. The van der Waals surface area contributed by atoms with Crippen LogP contribution in [0.4, 0.5) is 8.78 Å². The van der Waals surface area contributed by atoms with Crippen molar-refractivity contribution < 1.29 is 18.3 Å². The molecule has 0 aromatic carbocycles. The van der Waals surface area contributed by atoms with E-state index in [0.29, 0.717) is 13.0 Å². The zero-order valence-corrected chi connectivity index (χ0v) is 7.72. The predicted molar refractivity (Wildman–Crippen MR) is 27.5 cm³/mol. The van der Waals surface area contributed by atoms with Crippen molar-refractivity contribution in [2.24, 2.45) is 0 Å². The molecule has 0 aromatic heterocycles. The van der Waals surface area contributed by atoms with Gasteiger partial charge in [-0.05, 0) is 0 Å². The number of hydrogen-bond donors (Lipinski definition) is 0. The van der Waals surface area contributed by atoms with Crippen molar-refractivity contribution >= 4 is 6.93 Å². The van der Waals surface area contributed by atoms with E-state index < -0.39 is 6.93 Å². The van der Waals surface area contributed by atoms with E-state index in [-0.39, 0.29) is 13.4 Å². The molecule has 2 nitrogen and oxygen atoms in total. The van der Waals surface area contributed by atoms with Crippen molar-refractivity contribution in [1.29, 1.82) is 0 Å². The molecule has 10 heavy (non-hydrogen) atoms. The first-order valence-corrected chi connectivity index (χ1v) is 5.57. The van der Waals surface area contributed by atoms with E-state index in [9.17, 15) is 8.78 Å². The van der Waals surface area contributed by atoms with E-state index in [2.05, 4.69) is 0 Å². The molecule has 1 heterocycles. The van der Waals surface area contributed by atoms with Gasteiger partial charge in [0.25, 0.3) is 0 Å². The zero-order valence-electron chi connectivity index (χ0n) is 5.09. The van der Waals surface area contributed by atoms with Crippen LogP contribution in [0.1, 0.15) is 6.42 Å². The number of rotatable bonds is 1. The Hall–Kier alpha value is -1.35. The quantitative estimate of drug-likeness (QED) is 0.663. The fourth-order valence-corrected chi connectivity index (χ4v) is 2.31. The number of ether oxygens (including phenoxy) is 2. The Labute approximate surface area is 52.8 Å². The maximum absolute atomic E-state index is 11.7. The van der Waals surface area contributed by atoms with Crippen molar-refractivity contribution in [3.8, 4) is 0 Å². The molecule has 1 aliphatic rings. The second-order valence-corrected chi connectivity index (χ2v) is 5.09. The molecule has 0 bridgehead atoms. The van der Waals surface area contributed by atoms with Crippen LogP contribution in [0.5, 0.6) is 0 Å². The molecule has 0 N–H and O–H groups in total. The summed E-state index contributed by atoms with van der Waals surface area (Å²) in [7, 11) is 0. The second kappa shape index (κ2) is 2.98. The molecular weight excluding hydrogens is 381 g/mol. The Bertz CT molecular complexity index is 130. The zero-order chi connectivity index (χ0) is 7.40. The van der Waals surface area contributed by atoms with Gasteiger partial charge in [-0.15, -0.1) is 0 Å². The SMILES string of the molecule is F[C](F)=[Cf][CH]1CCOCO1. The standard InChI is InChI=1S/C4H7O2.CF2.Cf/c1-2-5-4-6-3-1;2-1-3;/h2H,1,3-4H2;;. The van der Waals surface area contributed by atoms with E-state index >= 15 is 0 Å². The minimum absolute atomic E-state index is 0.187. The Balaban J connectivity index is 2.33. The maximum atomic E-state index is 11.7. The van der Waals surface area contributed by atoms with Crippen LogP contribution in [0.15, 0.2) is 0 Å². The molecule has 1 atom stereocenters. The Morgan fingerprint density at radius 3 is 2.80 bits per heavy atom. The summed E-state index contributed by atoms with van der Waals surface area (Å²) in [5.74, 6) is 0. The van der Waals surface area contributed by atoms with E-state index in [1.165, 1.54) is 0 Å². The van der Waals surface area contributed by atoms with E-state index in [0.717, 1.165) is 0 Å². The number of hydrogen-bond acceptors (Lipinski definition) is 2. The first-order chi connectivity index (χ1) is 4.79. The molecule has 0 aliphatic carbocycles. The summed E-state index contributed by atoms with van der Waals surface area (Å²) >= 11 is 0. The van der Waals surface area contributed by atoms with Gasteiger partial charge >= 0.3 is 51.6 Å². The summed E-state index contributed by atoms with van der Waals surface area (Å²) in [6.07, 6.45) is 0.633. The van der Waals surface area contributed by atoms with E-state index in [4.69, 9.17) is 9.47 Å². The van der Waals surface area contributed by atoms with Crippen LogP contribution in [0.2, 0.25) is 0 Å². The van der Waals surface area contributed by atoms with Crippen molar-refractivity contribution in [3.05, 3.63) is 0 Å². The molecule has 0 amide bonds. The molecule has 1 saturated heterocycles. The summed E-state index contributed by atoms with van der Waals surface area (Å²) < 4.78 is 31.6. The summed E-state index contributed by atoms with van der Waals surface area (Å²) in [5, 5.41) is 0. The molecular formula is C5H7CfF2O2. The third-order valence-electron chi connectivity index (χ3n) is 0.964. The van der Waals surface area contributed by atoms with Gasteiger partial charge in [0.05, 0.1) is 0 Å². The molecule has 0 aromatic rings. The molecule has 1 rings (SSSR count). The van der Waals surface area contributed by atoms with Gasteiger partial charge < -0.3 is 0 Å². The Morgan fingerprint density at radius 2 is 2.30 bits per heavy atom. The third kappa shape index (κ3) is 1.87. The van der Waals surface area contributed by atoms with Crippen LogP contribution in [-0.2, 0) is 9.47 Å². The molecule has 63 valence electrons. The topological polar surface area (TPSA) is 18.5 Å². The fraction of sp³-hybridized carbons (Fsp3) is 0.800. The Morgan fingerprint density at radius 1 is 1.50 bits per heavy atom. The van der Waals surface area contributed by atoms with Crippen LogP contribution >= 0.6 is 0 Å². The fourth-order valence-electron chi connectivity index (χ4n) is 0.578. The van der Waals surface area contributed by atoms with Crippen molar-refractivity contribution in [3.63, 3.8) is 0 Å². The molecule has 5 heteroatoms. The van der Waals surface area contributed by atoms with Crippen LogP contribution < -0.4 is 0 Å². The molecule has 0 saturated carbocycles. The average Bonchev–Trinajstić information content (AvgIpc) is 1.88. The molecule has 1 aliphatic heterocycles. The molecule has 1 fully saturated rings. The summed E-state index contributed by atoms with van der Waals surface area (Å²) in [6, 6.07) is 0. The van der Waals surface area contributed by atoms with Gasteiger partial charge in [-0.3, -0.25) is 0 Å². The van der Waals surface area contributed by atoms with Gasteiger partial charge in [0.15, 0.2) is 0 Å². The van der Waals surface area contributed by atoms with Crippen LogP contribution in [-0.4, -0.2) is 26.9 Å². The summed E-state index contributed by atoms with van der Waals surface area (Å²) in [6.45, 7) is -0.851. The van der Waals surface area contributed by atoms with Crippen LogP contribution in [0, 0.1) is 0 Å².